The van der Waals surface area contributed by atoms with Gasteiger partial charge in [-0.05, 0) is 6.42 Å². The standard InChI is InChI=1S/C11H21NO2/c1-3-4-5-6-7-8-9-12-11(14)10(2)13/h3-9H2,1-2H3,(H,12,14). The average Bonchev–Trinajstić information content (AvgIpc) is 2.16. The fourth-order valence-electron chi connectivity index (χ4n) is 1.23. The Kier molecular flexibility index (Phi) is 8.19. The van der Waals surface area contributed by atoms with Gasteiger partial charge in [0.15, 0.2) is 0 Å². The maximum absolute atomic E-state index is 10.8. The van der Waals surface area contributed by atoms with Crippen LogP contribution in [-0.2, 0) is 9.59 Å². The maximum Gasteiger partial charge on any atom is 0.287 e. The molecule has 0 rings (SSSR count). The third-order valence-corrected chi connectivity index (χ3v) is 2.14. The monoisotopic (exact) mass is 199 g/mol. The molecule has 3 nitrogen and oxygen atoms in total. The van der Waals surface area contributed by atoms with Crippen LogP contribution in [0.2, 0.25) is 0 Å². The fraction of sp³-hybridized carbons (Fsp3) is 0.818. The van der Waals surface area contributed by atoms with E-state index in [2.05, 4.69) is 12.2 Å². The molecule has 0 aromatic carbocycles. The van der Waals surface area contributed by atoms with Crippen LogP contribution in [0.1, 0.15) is 52.4 Å². The molecular formula is C11H21NO2. The summed E-state index contributed by atoms with van der Waals surface area (Å²) in [7, 11) is 0. The lowest BCUT2D eigenvalue weighted by atomic mass is 10.1. The van der Waals surface area contributed by atoms with E-state index in [-0.39, 0.29) is 0 Å². The van der Waals surface area contributed by atoms with Gasteiger partial charge in [-0.3, -0.25) is 9.59 Å². The maximum atomic E-state index is 10.8. The minimum Gasteiger partial charge on any atom is -0.350 e. The van der Waals surface area contributed by atoms with E-state index in [1.807, 2.05) is 0 Å². The molecule has 0 aromatic heterocycles. The highest BCUT2D eigenvalue weighted by molar-refractivity contribution is 6.35. The van der Waals surface area contributed by atoms with Crippen molar-refractivity contribution in [1.82, 2.24) is 5.32 Å². The molecule has 0 aliphatic rings. The highest BCUT2D eigenvalue weighted by Crippen LogP contribution is 2.03. The molecule has 1 amide bonds. The first-order chi connectivity index (χ1) is 6.68. The van der Waals surface area contributed by atoms with Crippen LogP contribution >= 0.6 is 0 Å². The second kappa shape index (κ2) is 8.73. The summed E-state index contributed by atoms with van der Waals surface area (Å²) in [4.78, 5) is 21.4. The van der Waals surface area contributed by atoms with Crippen LogP contribution in [0, 0.1) is 0 Å². The highest BCUT2D eigenvalue weighted by Gasteiger charge is 2.04. The zero-order valence-corrected chi connectivity index (χ0v) is 9.27. The summed E-state index contributed by atoms with van der Waals surface area (Å²) in [5, 5.41) is 2.58. The van der Waals surface area contributed by atoms with Crippen molar-refractivity contribution in [2.45, 2.75) is 52.4 Å². The number of amides is 1. The number of Topliss-reactive ketones (excluding diaryl/α,β-unsaturated/α-hetero) is 1. The predicted molar refractivity (Wildman–Crippen MR) is 57.1 cm³/mol. The Morgan fingerprint density at radius 3 is 2.14 bits per heavy atom. The largest absolute Gasteiger partial charge is 0.350 e. The third-order valence-electron chi connectivity index (χ3n) is 2.14. The van der Waals surface area contributed by atoms with Crippen LogP contribution in [0.25, 0.3) is 0 Å². The highest BCUT2D eigenvalue weighted by atomic mass is 16.2. The second-order valence-electron chi connectivity index (χ2n) is 3.58. The Morgan fingerprint density at radius 1 is 1.00 bits per heavy atom. The lowest BCUT2D eigenvalue weighted by Gasteiger charge is -2.02. The Bertz CT molecular complexity index is 178. The van der Waals surface area contributed by atoms with E-state index in [1.165, 1.54) is 32.6 Å². The fourth-order valence-corrected chi connectivity index (χ4v) is 1.23. The van der Waals surface area contributed by atoms with Crippen LogP contribution in [-0.4, -0.2) is 18.2 Å². The molecule has 82 valence electrons. The summed E-state index contributed by atoms with van der Waals surface area (Å²) in [6, 6.07) is 0. The van der Waals surface area contributed by atoms with Gasteiger partial charge in [0.2, 0.25) is 5.78 Å². The summed E-state index contributed by atoms with van der Waals surface area (Å²) >= 11 is 0. The van der Waals surface area contributed by atoms with Crippen molar-refractivity contribution in [3.8, 4) is 0 Å². The van der Waals surface area contributed by atoms with Gasteiger partial charge < -0.3 is 5.32 Å². The van der Waals surface area contributed by atoms with Gasteiger partial charge in [-0.15, -0.1) is 0 Å². The molecule has 0 heterocycles. The van der Waals surface area contributed by atoms with E-state index in [9.17, 15) is 9.59 Å². The molecule has 0 saturated carbocycles. The normalized spacial score (nSPS) is 9.86. The minimum atomic E-state index is -0.460. The summed E-state index contributed by atoms with van der Waals surface area (Å²) in [5.74, 6) is -0.866. The molecular weight excluding hydrogens is 178 g/mol. The molecule has 0 atom stereocenters. The first-order valence-corrected chi connectivity index (χ1v) is 5.47. The van der Waals surface area contributed by atoms with Crippen LogP contribution in [0.15, 0.2) is 0 Å². The van der Waals surface area contributed by atoms with Crippen molar-refractivity contribution in [2.24, 2.45) is 0 Å². The van der Waals surface area contributed by atoms with Gasteiger partial charge in [0, 0.05) is 13.5 Å². The van der Waals surface area contributed by atoms with Crippen molar-refractivity contribution in [1.29, 1.82) is 0 Å². The van der Waals surface area contributed by atoms with Crippen molar-refractivity contribution in [3.05, 3.63) is 0 Å². The molecule has 14 heavy (non-hydrogen) atoms. The van der Waals surface area contributed by atoms with Gasteiger partial charge in [-0.25, -0.2) is 0 Å². The molecule has 3 heteroatoms. The van der Waals surface area contributed by atoms with Gasteiger partial charge in [0.1, 0.15) is 0 Å². The first kappa shape index (κ1) is 13.1. The number of carbonyl (C=O) groups is 2. The Morgan fingerprint density at radius 2 is 1.57 bits per heavy atom. The molecule has 0 spiro atoms. The smallest absolute Gasteiger partial charge is 0.287 e. The van der Waals surface area contributed by atoms with Crippen molar-refractivity contribution in [2.75, 3.05) is 6.54 Å². The van der Waals surface area contributed by atoms with Gasteiger partial charge >= 0.3 is 0 Å². The predicted octanol–water partition coefficient (Wildman–Crippen LogP) is 2.05. The Labute approximate surface area is 86.3 Å². The van der Waals surface area contributed by atoms with E-state index in [4.69, 9.17) is 0 Å². The molecule has 0 aromatic rings. The number of carbonyl (C=O) groups excluding carboxylic acids is 2. The number of hydrogen-bond acceptors (Lipinski definition) is 2. The average molecular weight is 199 g/mol. The lowest BCUT2D eigenvalue weighted by molar-refractivity contribution is -0.136. The van der Waals surface area contributed by atoms with Crippen LogP contribution in [0.5, 0.6) is 0 Å². The number of hydrogen-bond donors (Lipinski definition) is 1. The lowest BCUT2D eigenvalue weighted by Crippen LogP contribution is -2.29. The summed E-state index contributed by atoms with van der Waals surface area (Å²) in [6.45, 7) is 4.11. The Balaban J connectivity index is 3.13. The molecule has 0 fully saturated rings. The minimum absolute atomic E-state index is 0.406. The van der Waals surface area contributed by atoms with Gasteiger partial charge in [0.25, 0.3) is 5.91 Å². The van der Waals surface area contributed by atoms with E-state index >= 15 is 0 Å². The molecule has 1 N–H and O–H groups in total. The number of ketones is 1. The van der Waals surface area contributed by atoms with Crippen molar-refractivity contribution < 1.29 is 9.59 Å². The summed E-state index contributed by atoms with van der Waals surface area (Å²) < 4.78 is 0. The number of nitrogens with one attached hydrogen (secondary N) is 1. The van der Waals surface area contributed by atoms with E-state index in [1.54, 1.807) is 0 Å². The second-order valence-corrected chi connectivity index (χ2v) is 3.58. The zero-order chi connectivity index (χ0) is 10.8. The third kappa shape index (κ3) is 7.77. The molecule has 0 saturated heterocycles. The molecule has 0 aliphatic heterocycles. The zero-order valence-electron chi connectivity index (χ0n) is 9.27. The van der Waals surface area contributed by atoms with Gasteiger partial charge in [-0.1, -0.05) is 39.0 Å². The summed E-state index contributed by atoms with van der Waals surface area (Å²) in [5.41, 5.74) is 0. The quantitative estimate of drug-likeness (QED) is 0.480. The Hall–Kier alpha value is -0.860. The van der Waals surface area contributed by atoms with Gasteiger partial charge in [0.05, 0.1) is 0 Å². The van der Waals surface area contributed by atoms with Crippen LogP contribution in [0.4, 0.5) is 0 Å². The van der Waals surface area contributed by atoms with Crippen LogP contribution < -0.4 is 5.32 Å². The molecule has 0 unspecified atom stereocenters. The summed E-state index contributed by atoms with van der Waals surface area (Å²) in [6.07, 6.45) is 7.16. The van der Waals surface area contributed by atoms with Crippen molar-refractivity contribution >= 4 is 11.7 Å². The SMILES string of the molecule is CCCCCCCCNC(=O)C(C)=O. The molecule has 0 aliphatic carbocycles. The molecule has 0 bridgehead atoms. The van der Waals surface area contributed by atoms with Gasteiger partial charge in [-0.2, -0.15) is 0 Å². The van der Waals surface area contributed by atoms with E-state index < -0.39 is 11.7 Å². The van der Waals surface area contributed by atoms with E-state index in [0.29, 0.717) is 6.54 Å². The molecule has 0 radical (unpaired) electrons. The first-order valence-electron chi connectivity index (χ1n) is 5.47. The van der Waals surface area contributed by atoms with Crippen LogP contribution in [0.3, 0.4) is 0 Å². The number of unbranched alkanes of at least 4 members (excludes halogenated alkanes) is 5. The van der Waals surface area contributed by atoms with E-state index in [0.717, 1.165) is 12.8 Å². The topological polar surface area (TPSA) is 46.2 Å². The van der Waals surface area contributed by atoms with Crippen molar-refractivity contribution in [3.63, 3.8) is 0 Å². The number of rotatable bonds is 8.